The van der Waals surface area contributed by atoms with Gasteiger partial charge in [-0.15, -0.1) is 0 Å². The average molecular weight is 203 g/mol. The van der Waals surface area contributed by atoms with E-state index in [0.29, 0.717) is 0 Å². The summed E-state index contributed by atoms with van der Waals surface area (Å²) in [6, 6.07) is 8.48. The van der Waals surface area contributed by atoms with Crippen molar-refractivity contribution in [1.29, 1.82) is 0 Å². The molecule has 2 rings (SSSR count). The van der Waals surface area contributed by atoms with Gasteiger partial charge in [-0.3, -0.25) is 4.90 Å². The maximum absolute atomic E-state index is 11.0. The van der Waals surface area contributed by atoms with Gasteiger partial charge in [0.25, 0.3) is 0 Å². The van der Waals surface area contributed by atoms with Crippen molar-refractivity contribution >= 4 is 6.29 Å². The quantitative estimate of drug-likeness (QED) is 0.685. The van der Waals surface area contributed by atoms with E-state index in [0.717, 1.165) is 25.8 Å². The van der Waals surface area contributed by atoms with Crippen LogP contribution in [0.4, 0.5) is 0 Å². The van der Waals surface area contributed by atoms with E-state index in [1.807, 2.05) is 13.8 Å². The van der Waals surface area contributed by atoms with Gasteiger partial charge < -0.3 is 4.79 Å². The Kier molecular flexibility index (Phi) is 2.61. The first-order valence-electron chi connectivity index (χ1n) is 5.41. The van der Waals surface area contributed by atoms with E-state index in [1.54, 1.807) is 0 Å². The fourth-order valence-electron chi connectivity index (χ4n) is 2.06. The molecule has 0 saturated carbocycles. The fraction of sp³-hybridized carbons (Fsp3) is 0.462. The minimum atomic E-state index is -0.340. The molecule has 1 aromatic carbocycles. The van der Waals surface area contributed by atoms with Crippen LogP contribution in [0.3, 0.4) is 0 Å². The summed E-state index contributed by atoms with van der Waals surface area (Å²) in [5, 5.41) is 0. The highest BCUT2D eigenvalue weighted by molar-refractivity contribution is 5.62. The van der Waals surface area contributed by atoms with E-state index in [9.17, 15) is 4.79 Å². The molecule has 1 aromatic rings. The highest BCUT2D eigenvalue weighted by Crippen LogP contribution is 2.23. The van der Waals surface area contributed by atoms with Crippen LogP contribution in [-0.4, -0.2) is 23.3 Å². The van der Waals surface area contributed by atoms with Crippen LogP contribution in [0, 0.1) is 0 Å². The molecule has 1 aliphatic heterocycles. The third-order valence-electron chi connectivity index (χ3n) is 3.23. The number of fused-ring (bicyclic) bond motifs is 1. The van der Waals surface area contributed by atoms with Crippen molar-refractivity contribution in [3.8, 4) is 0 Å². The summed E-state index contributed by atoms with van der Waals surface area (Å²) >= 11 is 0. The minimum Gasteiger partial charge on any atom is -0.301 e. The highest BCUT2D eigenvalue weighted by Gasteiger charge is 2.28. The Morgan fingerprint density at radius 3 is 2.60 bits per heavy atom. The SMILES string of the molecule is CC(C)(C=O)N1CCc2ccccc2C1. The van der Waals surface area contributed by atoms with Crippen LogP contribution >= 0.6 is 0 Å². The van der Waals surface area contributed by atoms with Crippen molar-refractivity contribution < 1.29 is 4.79 Å². The second-order valence-electron chi connectivity index (χ2n) is 4.71. The van der Waals surface area contributed by atoms with E-state index in [4.69, 9.17) is 0 Å². The zero-order valence-corrected chi connectivity index (χ0v) is 9.36. The lowest BCUT2D eigenvalue weighted by Gasteiger charge is -2.37. The van der Waals surface area contributed by atoms with Crippen molar-refractivity contribution in [2.75, 3.05) is 6.54 Å². The number of hydrogen-bond acceptors (Lipinski definition) is 2. The number of aldehydes is 1. The molecule has 1 aliphatic rings. The number of benzene rings is 1. The number of rotatable bonds is 2. The molecule has 0 N–H and O–H groups in total. The molecule has 2 nitrogen and oxygen atoms in total. The molecule has 0 aromatic heterocycles. The molecule has 2 heteroatoms. The topological polar surface area (TPSA) is 20.3 Å². The predicted octanol–water partition coefficient (Wildman–Crippen LogP) is 2.02. The highest BCUT2D eigenvalue weighted by atomic mass is 16.1. The third-order valence-corrected chi connectivity index (χ3v) is 3.23. The van der Waals surface area contributed by atoms with Crippen LogP contribution in [0.5, 0.6) is 0 Å². The molecule has 80 valence electrons. The van der Waals surface area contributed by atoms with Gasteiger partial charge in [0.05, 0.1) is 5.54 Å². The van der Waals surface area contributed by atoms with Crippen molar-refractivity contribution in [2.24, 2.45) is 0 Å². The Hall–Kier alpha value is -1.15. The Labute approximate surface area is 90.9 Å². The van der Waals surface area contributed by atoms with Gasteiger partial charge >= 0.3 is 0 Å². The maximum atomic E-state index is 11.0. The summed E-state index contributed by atoms with van der Waals surface area (Å²) in [5.41, 5.74) is 2.45. The molecule has 0 bridgehead atoms. The van der Waals surface area contributed by atoms with Gasteiger partial charge in [0.15, 0.2) is 0 Å². The molecule has 0 radical (unpaired) electrons. The van der Waals surface area contributed by atoms with Gasteiger partial charge in [0, 0.05) is 13.1 Å². The first-order valence-corrected chi connectivity index (χ1v) is 5.41. The largest absolute Gasteiger partial charge is 0.301 e. The van der Waals surface area contributed by atoms with E-state index >= 15 is 0 Å². The summed E-state index contributed by atoms with van der Waals surface area (Å²) in [4.78, 5) is 13.2. The minimum absolute atomic E-state index is 0.340. The van der Waals surface area contributed by atoms with E-state index < -0.39 is 0 Å². The van der Waals surface area contributed by atoms with Crippen LogP contribution in [0.15, 0.2) is 24.3 Å². The zero-order chi connectivity index (χ0) is 10.9. The lowest BCUT2D eigenvalue weighted by atomic mass is 9.95. The lowest BCUT2D eigenvalue weighted by molar-refractivity contribution is -0.117. The van der Waals surface area contributed by atoms with Crippen molar-refractivity contribution in [2.45, 2.75) is 32.4 Å². The van der Waals surface area contributed by atoms with Gasteiger partial charge in [-0.1, -0.05) is 24.3 Å². The number of carbonyl (C=O) groups is 1. The van der Waals surface area contributed by atoms with Gasteiger partial charge in [-0.25, -0.2) is 0 Å². The second-order valence-corrected chi connectivity index (χ2v) is 4.71. The van der Waals surface area contributed by atoms with Crippen molar-refractivity contribution in [3.63, 3.8) is 0 Å². The Balaban J connectivity index is 2.22. The number of carbonyl (C=O) groups excluding carboxylic acids is 1. The normalized spacial score (nSPS) is 17.2. The lowest BCUT2D eigenvalue weighted by Crippen LogP contribution is -2.47. The van der Waals surface area contributed by atoms with Crippen LogP contribution in [0.2, 0.25) is 0 Å². The molecule has 0 fully saturated rings. The molecule has 0 spiro atoms. The molecule has 1 heterocycles. The molecular formula is C13H17NO. The standard InChI is InChI=1S/C13H17NO/c1-13(2,10-15)14-8-7-11-5-3-4-6-12(11)9-14/h3-6,10H,7-9H2,1-2H3. The summed E-state index contributed by atoms with van der Waals surface area (Å²) in [7, 11) is 0. The summed E-state index contributed by atoms with van der Waals surface area (Å²) in [5.74, 6) is 0. The predicted molar refractivity (Wildman–Crippen MR) is 60.7 cm³/mol. The maximum Gasteiger partial charge on any atom is 0.139 e. The molecule has 15 heavy (non-hydrogen) atoms. The molecule has 0 saturated heterocycles. The molecule has 0 unspecified atom stereocenters. The van der Waals surface area contributed by atoms with Gasteiger partial charge in [0.1, 0.15) is 6.29 Å². The molecule has 0 amide bonds. The smallest absolute Gasteiger partial charge is 0.139 e. The van der Waals surface area contributed by atoms with Crippen LogP contribution in [-0.2, 0) is 17.8 Å². The van der Waals surface area contributed by atoms with Crippen molar-refractivity contribution in [3.05, 3.63) is 35.4 Å². The summed E-state index contributed by atoms with van der Waals surface area (Å²) in [6.45, 7) is 5.83. The third kappa shape index (κ3) is 1.95. The van der Waals surface area contributed by atoms with E-state index in [1.165, 1.54) is 11.1 Å². The monoisotopic (exact) mass is 203 g/mol. The Bertz CT molecular complexity index is 371. The van der Waals surface area contributed by atoms with E-state index in [-0.39, 0.29) is 5.54 Å². The van der Waals surface area contributed by atoms with Crippen LogP contribution < -0.4 is 0 Å². The first-order chi connectivity index (χ1) is 7.13. The molecule has 0 aliphatic carbocycles. The first kappa shape index (κ1) is 10.4. The molecular weight excluding hydrogens is 186 g/mol. The van der Waals surface area contributed by atoms with Crippen LogP contribution in [0.25, 0.3) is 0 Å². The fourth-order valence-corrected chi connectivity index (χ4v) is 2.06. The summed E-state index contributed by atoms with van der Waals surface area (Å²) in [6.07, 6.45) is 2.09. The van der Waals surface area contributed by atoms with E-state index in [2.05, 4.69) is 29.2 Å². The average Bonchev–Trinajstić information content (AvgIpc) is 2.28. The Morgan fingerprint density at radius 1 is 1.27 bits per heavy atom. The van der Waals surface area contributed by atoms with Crippen LogP contribution in [0.1, 0.15) is 25.0 Å². The Morgan fingerprint density at radius 2 is 1.93 bits per heavy atom. The van der Waals surface area contributed by atoms with Gasteiger partial charge in [0.2, 0.25) is 0 Å². The number of hydrogen-bond donors (Lipinski definition) is 0. The zero-order valence-electron chi connectivity index (χ0n) is 9.36. The van der Waals surface area contributed by atoms with Gasteiger partial charge in [-0.2, -0.15) is 0 Å². The summed E-state index contributed by atoms with van der Waals surface area (Å²) < 4.78 is 0. The number of nitrogens with zero attached hydrogens (tertiary/aromatic N) is 1. The second kappa shape index (κ2) is 3.78. The van der Waals surface area contributed by atoms with Gasteiger partial charge in [-0.05, 0) is 31.4 Å². The van der Waals surface area contributed by atoms with Crippen molar-refractivity contribution in [1.82, 2.24) is 4.90 Å². The molecule has 0 atom stereocenters.